The molecule has 0 bridgehead atoms. The van der Waals surface area contributed by atoms with Gasteiger partial charge in [-0.15, -0.1) is 18.2 Å². The number of amides is 1. The van der Waals surface area contributed by atoms with Crippen molar-refractivity contribution in [3.8, 4) is 0 Å². The first-order valence-corrected chi connectivity index (χ1v) is 7.32. The molecule has 0 spiro atoms. The van der Waals surface area contributed by atoms with E-state index in [0.717, 1.165) is 12.8 Å². The van der Waals surface area contributed by atoms with Gasteiger partial charge in [-0.2, -0.15) is 0 Å². The van der Waals surface area contributed by atoms with Crippen molar-refractivity contribution < 1.29 is 9.90 Å². The van der Waals surface area contributed by atoms with Crippen LogP contribution >= 0.6 is 11.6 Å². The number of carbonyl (C=O) groups excluding carboxylic acids is 1. The topological polar surface area (TPSA) is 61.4 Å². The molecule has 0 heterocycles. The molecule has 0 aliphatic rings. The second-order valence-electron chi connectivity index (χ2n) is 5.05. The van der Waals surface area contributed by atoms with Gasteiger partial charge in [-0.3, -0.25) is 4.79 Å². The summed E-state index contributed by atoms with van der Waals surface area (Å²) in [6.07, 6.45) is 3.80. The first-order chi connectivity index (χ1) is 8.96. The maximum absolute atomic E-state index is 11.9. The Balaban J connectivity index is 4.46. The lowest BCUT2D eigenvalue weighted by atomic mass is 9.94. The third-order valence-corrected chi connectivity index (χ3v) is 3.61. The predicted octanol–water partition coefficient (Wildman–Crippen LogP) is 1.67. The normalized spacial score (nSPS) is 17.3. The number of halogens is 1. The first kappa shape index (κ1) is 18.4. The number of likely N-dealkylation sites (N-methyl/N-ethyl adjacent to an activating group) is 1. The maximum Gasteiger partial charge on any atom is 0.237 e. The van der Waals surface area contributed by atoms with Crippen LogP contribution in [0.4, 0.5) is 0 Å². The smallest absolute Gasteiger partial charge is 0.237 e. The van der Waals surface area contributed by atoms with E-state index in [1.807, 2.05) is 6.08 Å². The van der Waals surface area contributed by atoms with E-state index in [1.165, 1.54) is 0 Å². The van der Waals surface area contributed by atoms with Gasteiger partial charge in [0.1, 0.15) is 0 Å². The number of aliphatic hydroxyl groups is 1. The zero-order chi connectivity index (χ0) is 14.8. The Hall–Kier alpha value is -0.580. The number of rotatable bonds is 10. The van der Waals surface area contributed by atoms with E-state index < -0.39 is 6.10 Å². The standard InChI is InChI=1S/C14H27ClN2O2/c1-5-6-7-10(2)8-12(13(18)9-15)17-14(19)11(3)16-4/h5,10-13,16,18H,1,6-9H2,2-4H3,(H,17,19)/t10?,11-,12+,13?/m0/s1. The summed E-state index contributed by atoms with van der Waals surface area (Å²) in [4.78, 5) is 11.9. The number of allylic oxidation sites excluding steroid dienone is 1. The predicted molar refractivity (Wildman–Crippen MR) is 80.4 cm³/mol. The van der Waals surface area contributed by atoms with Crippen LogP contribution in [0.25, 0.3) is 0 Å². The molecular formula is C14H27ClN2O2. The first-order valence-electron chi connectivity index (χ1n) is 6.78. The third kappa shape index (κ3) is 7.55. The van der Waals surface area contributed by atoms with Gasteiger partial charge in [0.2, 0.25) is 5.91 Å². The Kier molecular flexibility index (Phi) is 9.92. The van der Waals surface area contributed by atoms with Crippen LogP contribution in [0.2, 0.25) is 0 Å². The summed E-state index contributed by atoms with van der Waals surface area (Å²) in [6.45, 7) is 7.58. The lowest BCUT2D eigenvalue weighted by Gasteiger charge is -2.27. The van der Waals surface area contributed by atoms with E-state index in [0.29, 0.717) is 12.3 Å². The van der Waals surface area contributed by atoms with Crippen LogP contribution in [0.15, 0.2) is 12.7 Å². The largest absolute Gasteiger partial charge is 0.390 e. The highest BCUT2D eigenvalue weighted by atomic mass is 35.5. The summed E-state index contributed by atoms with van der Waals surface area (Å²) in [6, 6.07) is -0.589. The molecule has 0 aliphatic carbocycles. The molecule has 0 fully saturated rings. The van der Waals surface area contributed by atoms with Gasteiger partial charge in [0, 0.05) is 0 Å². The number of aliphatic hydroxyl groups excluding tert-OH is 1. The number of nitrogens with one attached hydrogen (secondary N) is 2. The van der Waals surface area contributed by atoms with Crippen molar-refractivity contribution in [2.75, 3.05) is 12.9 Å². The van der Waals surface area contributed by atoms with E-state index in [-0.39, 0.29) is 23.9 Å². The Labute approximate surface area is 121 Å². The Morgan fingerprint density at radius 2 is 2.11 bits per heavy atom. The zero-order valence-corrected chi connectivity index (χ0v) is 12.9. The summed E-state index contributed by atoms with van der Waals surface area (Å²) in [5.41, 5.74) is 0. The Bertz CT molecular complexity index is 274. The second-order valence-corrected chi connectivity index (χ2v) is 5.36. The minimum atomic E-state index is -0.721. The van der Waals surface area contributed by atoms with Crippen molar-refractivity contribution in [2.45, 2.75) is 51.3 Å². The molecule has 0 aromatic carbocycles. The van der Waals surface area contributed by atoms with Crippen molar-refractivity contribution in [3.05, 3.63) is 12.7 Å². The van der Waals surface area contributed by atoms with E-state index in [2.05, 4.69) is 24.1 Å². The van der Waals surface area contributed by atoms with Crippen molar-refractivity contribution in [2.24, 2.45) is 5.92 Å². The van der Waals surface area contributed by atoms with E-state index in [9.17, 15) is 9.90 Å². The van der Waals surface area contributed by atoms with Crippen LogP contribution in [0.1, 0.15) is 33.1 Å². The minimum absolute atomic E-state index is 0.118. The van der Waals surface area contributed by atoms with Crippen molar-refractivity contribution in [1.82, 2.24) is 10.6 Å². The van der Waals surface area contributed by atoms with Crippen LogP contribution in [0, 0.1) is 5.92 Å². The van der Waals surface area contributed by atoms with Gasteiger partial charge in [-0.1, -0.05) is 13.0 Å². The maximum atomic E-state index is 11.9. The van der Waals surface area contributed by atoms with Crippen LogP contribution < -0.4 is 10.6 Å². The lowest BCUT2D eigenvalue weighted by molar-refractivity contribution is -0.124. The molecule has 0 saturated heterocycles. The lowest BCUT2D eigenvalue weighted by Crippen LogP contribution is -2.50. The van der Waals surface area contributed by atoms with Crippen LogP contribution in [0.3, 0.4) is 0 Å². The molecule has 2 unspecified atom stereocenters. The summed E-state index contributed by atoms with van der Waals surface area (Å²) in [5.74, 6) is 0.395. The molecule has 19 heavy (non-hydrogen) atoms. The summed E-state index contributed by atoms with van der Waals surface area (Å²) >= 11 is 5.70. The molecule has 5 heteroatoms. The SMILES string of the molecule is C=CCCC(C)C[C@@H](NC(=O)[C@H](C)NC)C(O)CCl. The van der Waals surface area contributed by atoms with Gasteiger partial charge < -0.3 is 15.7 Å². The van der Waals surface area contributed by atoms with Gasteiger partial charge in [0.25, 0.3) is 0 Å². The number of hydrogen-bond donors (Lipinski definition) is 3. The van der Waals surface area contributed by atoms with Crippen molar-refractivity contribution >= 4 is 17.5 Å². The fraction of sp³-hybridized carbons (Fsp3) is 0.786. The average Bonchev–Trinajstić information content (AvgIpc) is 2.42. The molecule has 0 rings (SSSR count). The monoisotopic (exact) mass is 290 g/mol. The van der Waals surface area contributed by atoms with Crippen molar-refractivity contribution in [1.29, 1.82) is 0 Å². The van der Waals surface area contributed by atoms with E-state index in [4.69, 9.17) is 11.6 Å². The molecule has 112 valence electrons. The highest BCUT2D eigenvalue weighted by molar-refractivity contribution is 6.18. The highest BCUT2D eigenvalue weighted by Crippen LogP contribution is 2.16. The molecule has 3 N–H and O–H groups in total. The van der Waals surface area contributed by atoms with Gasteiger partial charge in [0.05, 0.1) is 24.1 Å². The van der Waals surface area contributed by atoms with E-state index in [1.54, 1.807) is 14.0 Å². The highest BCUT2D eigenvalue weighted by Gasteiger charge is 2.24. The molecule has 0 saturated carbocycles. The molecular weight excluding hydrogens is 264 g/mol. The second kappa shape index (κ2) is 10.2. The average molecular weight is 291 g/mol. The molecule has 0 aromatic rings. The van der Waals surface area contributed by atoms with E-state index >= 15 is 0 Å². The summed E-state index contributed by atoms with van der Waals surface area (Å²) < 4.78 is 0. The number of alkyl halides is 1. The molecule has 4 atom stereocenters. The van der Waals surface area contributed by atoms with Gasteiger partial charge in [-0.05, 0) is 39.2 Å². The quantitative estimate of drug-likeness (QED) is 0.424. The molecule has 0 aromatic heterocycles. The Morgan fingerprint density at radius 3 is 2.58 bits per heavy atom. The fourth-order valence-electron chi connectivity index (χ4n) is 1.81. The fourth-order valence-corrected chi connectivity index (χ4v) is 2.03. The summed E-state index contributed by atoms with van der Waals surface area (Å²) in [5, 5.41) is 15.6. The Morgan fingerprint density at radius 1 is 1.47 bits per heavy atom. The van der Waals surface area contributed by atoms with Gasteiger partial charge in [0.15, 0.2) is 0 Å². The minimum Gasteiger partial charge on any atom is -0.390 e. The molecule has 1 amide bonds. The van der Waals surface area contributed by atoms with Crippen molar-refractivity contribution in [3.63, 3.8) is 0 Å². The van der Waals surface area contributed by atoms with Crippen LogP contribution in [-0.2, 0) is 4.79 Å². The zero-order valence-electron chi connectivity index (χ0n) is 12.2. The van der Waals surface area contributed by atoms with Crippen LogP contribution in [-0.4, -0.2) is 42.1 Å². The van der Waals surface area contributed by atoms with Gasteiger partial charge in [-0.25, -0.2) is 0 Å². The number of hydrogen-bond acceptors (Lipinski definition) is 3. The third-order valence-electron chi connectivity index (χ3n) is 3.30. The van der Waals surface area contributed by atoms with Crippen LogP contribution in [0.5, 0.6) is 0 Å². The summed E-state index contributed by atoms with van der Waals surface area (Å²) in [7, 11) is 1.73. The number of carbonyl (C=O) groups is 1. The molecule has 4 nitrogen and oxygen atoms in total. The van der Waals surface area contributed by atoms with Gasteiger partial charge >= 0.3 is 0 Å². The molecule has 0 radical (unpaired) electrons. The molecule has 0 aliphatic heterocycles.